The normalized spacial score (nSPS) is 14.1. The third-order valence-electron chi connectivity index (χ3n) is 3.42. The van der Waals surface area contributed by atoms with E-state index in [4.69, 9.17) is 9.47 Å². The van der Waals surface area contributed by atoms with Gasteiger partial charge >= 0.3 is 0 Å². The molecule has 2 aromatic rings. The number of hydrogen-bond donors (Lipinski definition) is 2. The van der Waals surface area contributed by atoms with Gasteiger partial charge in [-0.2, -0.15) is 5.10 Å². The first-order chi connectivity index (χ1) is 9.84. The number of nitrogens with zero attached hydrogens (tertiary/aromatic N) is 1. The predicted octanol–water partition coefficient (Wildman–Crippen LogP) is 2.17. The molecule has 0 aliphatic carbocycles. The summed E-state index contributed by atoms with van der Waals surface area (Å²) in [5, 5.41) is 10.4. The van der Waals surface area contributed by atoms with Gasteiger partial charge in [-0.3, -0.25) is 5.10 Å². The Morgan fingerprint density at radius 2 is 2.05 bits per heavy atom. The number of ether oxygens (including phenoxy) is 2. The summed E-state index contributed by atoms with van der Waals surface area (Å²) in [7, 11) is 0. The molecule has 0 fully saturated rings. The van der Waals surface area contributed by atoms with Gasteiger partial charge in [-0.25, -0.2) is 0 Å². The van der Waals surface area contributed by atoms with Crippen LogP contribution in [0, 0.1) is 6.92 Å². The predicted molar refractivity (Wildman–Crippen MR) is 75.9 cm³/mol. The molecule has 0 unspecified atom stereocenters. The topological polar surface area (TPSA) is 59.2 Å². The smallest absolute Gasteiger partial charge is 0.165 e. The number of fused-ring (bicyclic) bond motifs is 1. The first-order valence-electron chi connectivity index (χ1n) is 6.91. The van der Waals surface area contributed by atoms with E-state index in [0.29, 0.717) is 6.61 Å². The minimum Gasteiger partial charge on any atom is -0.490 e. The van der Waals surface area contributed by atoms with E-state index in [1.165, 1.54) is 5.56 Å². The van der Waals surface area contributed by atoms with Crippen molar-refractivity contribution < 1.29 is 9.47 Å². The van der Waals surface area contributed by atoms with E-state index in [0.717, 1.165) is 48.9 Å². The van der Waals surface area contributed by atoms with Gasteiger partial charge in [-0.05, 0) is 13.0 Å². The fourth-order valence-electron chi connectivity index (χ4n) is 2.28. The Hall–Kier alpha value is -2.01. The highest BCUT2D eigenvalue weighted by Gasteiger charge is 2.14. The van der Waals surface area contributed by atoms with Crippen molar-refractivity contribution in [3.63, 3.8) is 0 Å². The summed E-state index contributed by atoms with van der Waals surface area (Å²) < 4.78 is 11.5. The van der Waals surface area contributed by atoms with E-state index < -0.39 is 0 Å². The third kappa shape index (κ3) is 2.77. The lowest BCUT2D eigenvalue weighted by Gasteiger charge is -2.12. The zero-order valence-electron chi connectivity index (χ0n) is 11.6. The van der Waals surface area contributed by atoms with Crippen molar-refractivity contribution in [3.8, 4) is 11.5 Å². The second-order valence-electron chi connectivity index (χ2n) is 4.92. The fraction of sp³-hybridized carbons (Fsp3) is 0.400. The lowest BCUT2D eigenvalue weighted by atomic mass is 10.1. The third-order valence-corrected chi connectivity index (χ3v) is 3.42. The number of aromatic nitrogens is 2. The van der Waals surface area contributed by atoms with Gasteiger partial charge in [0.2, 0.25) is 0 Å². The van der Waals surface area contributed by atoms with E-state index in [-0.39, 0.29) is 0 Å². The maximum Gasteiger partial charge on any atom is 0.165 e. The second kappa shape index (κ2) is 5.96. The lowest BCUT2D eigenvalue weighted by molar-refractivity contribution is 0.296. The zero-order chi connectivity index (χ0) is 13.8. The van der Waals surface area contributed by atoms with Crippen LogP contribution in [0.3, 0.4) is 0 Å². The molecule has 1 aliphatic rings. The molecule has 0 amide bonds. The molecular formula is C15H19N3O2. The van der Waals surface area contributed by atoms with E-state index >= 15 is 0 Å². The molecule has 106 valence electrons. The van der Waals surface area contributed by atoms with Crippen LogP contribution < -0.4 is 14.8 Å². The summed E-state index contributed by atoms with van der Waals surface area (Å²) in [6.07, 6.45) is 2.78. The molecule has 2 heterocycles. The minimum absolute atomic E-state index is 0.713. The number of nitrogens with one attached hydrogen (secondary N) is 2. The highest BCUT2D eigenvalue weighted by Crippen LogP contribution is 2.33. The van der Waals surface area contributed by atoms with Crippen LogP contribution in [0.25, 0.3) is 0 Å². The molecule has 0 saturated carbocycles. The Kier molecular flexibility index (Phi) is 3.87. The standard InChI is InChI=1S/C15H19N3O2/c1-11-13(10-17-18-11)9-16-8-12-4-2-5-14-15(12)20-7-3-6-19-14/h2,4-5,10,16H,3,6-9H2,1H3,(H,17,18). The molecule has 0 atom stereocenters. The van der Waals surface area contributed by atoms with Crippen LogP contribution in [0.2, 0.25) is 0 Å². The number of aromatic amines is 1. The Labute approximate surface area is 118 Å². The molecule has 5 heteroatoms. The van der Waals surface area contributed by atoms with Crippen molar-refractivity contribution in [2.24, 2.45) is 0 Å². The van der Waals surface area contributed by atoms with Gasteiger partial charge in [0.05, 0.1) is 19.4 Å². The SMILES string of the molecule is Cc1[nH]ncc1CNCc1cccc2c1OCCCO2. The average Bonchev–Trinajstić information content (AvgIpc) is 2.73. The minimum atomic E-state index is 0.713. The van der Waals surface area contributed by atoms with Crippen molar-refractivity contribution in [1.29, 1.82) is 0 Å². The van der Waals surface area contributed by atoms with Crippen LogP contribution in [0.4, 0.5) is 0 Å². The number of H-pyrrole nitrogens is 1. The summed E-state index contributed by atoms with van der Waals surface area (Å²) in [5.41, 5.74) is 3.42. The summed E-state index contributed by atoms with van der Waals surface area (Å²) in [6.45, 7) is 4.99. The van der Waals surface area contributed by atoms with Crippen molar-refractivity contribution in [1.82, 2.24) is 15.5 Å². The fourth-order valence-corrected chi connectivity index (χ4v) is 2.28. The van der Waals surface area contributed by atoms with E-state index in [1.54, 1.807) is 0 Å². The van der Waals surface area contributed by atoms with Crippen molar-refractivity contribution >= 4 is 0 Å². The van der Waals surface area contributed by atoms with Crippen LogP contribution in [0.15, 0.2) is 24.4 Å². The summed E-state index contributed by atoms with van der Waals surface area (Å²) >= 11 is 0. The lowest BCUT2D eigenvalue weighted by Crippen LogP contribution is -2.14. The molecule has 2 N–H and O–H groups in total. The quantitative estimate of drug-likeness (QED) is 0.896. The molecule has 1 aliphatic heterocycles. The maximum absolute atomic E-state index is 5.81. The molecule has 0 saturated heterocycles. The average molecular weight is 273 g/mol. The summed E-state index contributed by atoms with van der Waals surface area (Å²) in [5.74, 6) is 1.72. The van der Waals surface area contributed by atoms with Crippen molar-refractivity contribution in [2.75, 3.05) is 13.2 Å². The number of para-hydroxylation sites is 1. The molecule has 3 rings (SSSR count). The molecule has 0 spiro atoms. The van der Waals surface area contributed by atoms with Gasteiger partial charge in [0.1, 0.15) is 0 Å². The Bertz CT molecular complexity index is 580. The van der Waals surface area contributed by atoms with Gasteiger partial charge in [0, 0.05) is 36.3 Å². The maximum atomic E-state index is 5.81. The first kappa shape index (κ1) is 13.0. The molecule has 1 aromatic carbocycles. The second-order valence-corrected chi connectivity index (χ2v) is 4.92. The number of benzene rings is 1. The largest absolute Gasteiger partial charge is 0.490 e. The highest BCUT2D eigenvalue weighted by atomic mass is 16.5. The molecular weight excluding hydrogens is 254 g/mol. The zero-order valence-corrected chi connectivity index (χ0v) is 11.6. The van der Waals surface area contributed by atoms with E-state index in [2.05, 4.69) is 21.6 Å². The highest BCUT2D eigenvalue weighted by molar-refractivity contribution is 5.47. The molecule has 20 heavy (non-hydrogen) atoms. The van der Waals surface area contributed by atoms with Crippen LogP contribution in [0.5, 0.6) is 11.5 Å². The first-order valence-corrected chi connectivity index (χ1v) is 6.91. The molecule has 1 aromatic heterocycles. The van der Waals surface area contributed by atoms with E-state index in [1.807, 2.05) is 25.3 Å². The van der Waals surface area contributed by atoms with Crippen LogP contribution in [0.1, 0.15) is 23.2 Å². The van der Waals surface area contributed by atoms with Gasteiger partial charge in [-0.1, -0.05) is 12.1 Å². The Balaban J connectivity index is 1.67. The summed E-state index contributed by atoms with van der Waals surface area (Å²) in [6, 6.07) is 6.04. The number of aryl methyl sites for hydroxylation is 1. The van der Waals surface area contributed by atoms with Gasteiger partial charge in [0.15, 0.2) is 11.5 Å². The monoisotopic (exact) mass is 273 g/mol. The number of hydrogen-bond acceptors (Lipinski definition) is 4. The van der Waals surface area contributed by atoms with Gasteiger partial charge in [0.25, 0.3) is 0 Å². The van der Waals surface area contributed by atoms with Gasteiger partial charge < -0.3 is 14.8 Å². The van der Waals surface area contributed by atoms with Gasteiger partial charge in [-0.15, -0.1) is 0 Å². The van der Waals surface area contributed by atoms with Crippen LogP contribution >= 0.6 is 0 Å². The van der Waals surface area contributed by atoms with E-state index in [9.17, 15) is 0 Å². The molecule has 0 radical (unpaired) electrons. The van der Waals surface area contributed by atoms with Crippen LogP contribution in [-0.2, 0) is 13.1 Å². The Morgan fingerprint density at radius 1 is 1.20 bits per heavy atom. The van der Waals surface area contributed by atoms with Crippen molar-refractivity contribution in [2.45, 2.75) is 26.4 Å². The molecule has 0 bridgehead atoms. The molecule has 5 nitrogen and oxygen atoms in total. The number of rotatable bonds is 4. The Morgan fingerprint density at radius 3 is 2.90 bits per heavy atom. The summed E-state index contributed by atoms with van der Waals surface area (Å²) in [4.78, 5) is 0. The van der Waals surface area contributed by atoms with Crippen molar-refractivity contribution in [3.05, 3.63) is 41.2 Å². The van der Waals surface area contributed by atoms with Crippen LogP contribution in [-0.4, -0.2) is 23.4 Å².